The molecule has 5 nitrogen and oxygen atoms in total. The van der Waals surface area contributed by atoms with E-state index in [1.165, 1.54) is 0 Å². The second-order valence-electron chi connectivity index (χ2n) is 7.63. The number of esters is 1. The lowest BCUT2D eigenvalue weighted by molar-refractivity contribution is -0.204. The van der Waals surface area contributed by atoms with Gasteiger partial charge in [-0.3, -0.25) is 9.59 Å². The fourth-order valence-corrected chi connectivity index (χ4v) is 4.74. The molecule has 5 heteroatoms. The van der Waals surface area contributed by atoms with Gasteiger partial charge in [0.15, 0.2) is 17.2 Å². The monoisotopic (exact) mass is 344 g/mol. The Bertz CT molecular complexity index is 711. The number of aryl methyl sites for hydroxylation is 3. The Balaban J connectivity index is 1.63. The third-order valence-corrected chi connectivity index (χ3v) is 5.90. The normalized spacial score (nSPS) is 27.2. The van der Waals surface area contributed by atoms with Gasteiger partial charge in [0.2, 0.25) is 0 Å². The fraction of sp³-hybridized carbons (Fsp3) is 0.600. The largest absolute Gasteiger partial charge is 0.450 e. The van der Waals surface area contributed by atoms with E-state index in [1.807, 2.05) is 32.9 Å². The standard InChI is InChI=1S/C20H24O5/c1-12-10-13(2)15(14(3)11-12)16-17(21)19(25-18(16)22)4-6-20(7-5-19)23-8-9-24-20/h10-11,16H,4-9H2,1-3H3. The molecular formula is C20H24O5. The van der Waals surface area contributed by atoms with Gasteiger partial charge in [-0.25, -0.2) is 0 Å². The molecule has 2 saturated heterocycles. The van der Waals surface area contributed by atoms with E-state index in [-0.39, 0.29) is 5.78 Å². The molecule has 134 valence electrons. The van der Waals surface area contributed by atoms with Crippen LogP contribution in [0.2, 0.25) is 0 Å². The van der Waals surface area contributed by atoms with E-state index in [1.54, 1.807) is 0 Å². The molecule has 1 unspecified atom stereocenters. The van der Waals surface area contributed by atoms with Crippen LogP contribution < -0.4 is 0 Å². The summed E-state index contributed by atoms with van der Waals surface area (Å²) in [5.74, 6) is -1.89. The zero-order valence-electron chi connectivity index (χ0n) is 15.0. The minimum atomic E-state index is -1.01. The SMILES string of the molecule is Cc1cc(C)c(C2C(=O)OC3(CCC4(CC3)OCCO4)C2=O)c(C)c1. The molecular weight excluding hydrogens is 320 g/mol. The van der Waals surface area contributed by atoms with Crippen molar-refractivity contribution in [2.24, 2.45) is 0 Å². The third-order valence-electron chi connectivity index (χ3n) is 5.90. The van der Waals surface area contributed by atoms with Crippen LogP contribution in [0.25, 0.3) is 0 Å². The molecule has 0 amide bonds. The summed E-state index contributed by atoms with van der Waals surface area (Å²) >= 11 is 0. The molecule has 1 aliphatic carbocycles. The van der Waals surface area contributed by atoms with Crippen molar-refractivity contribution in [1.29, 1.82) is 0 Å². The van der Waals surface area contributed by atoms with Crippen molar-refractivity contribution < 1.29 is 23.8 Å². The van der Waals surface area contributed by atoms with Crippen LogP contribution in [0.15, 0.2) is 12.1 Å². The maximum absolute atomic E-state index is 13.3. The molecule has 0 N–H and O–H groups in total. The van der Waals surface area contributed by atoms with E-state index in [0.29, 0.717) is 38.9 Å². The zero-order chi connectivity index (χ0) is 17.8. The molecule has 3 fully saturated rings. The van der Waals surface area contributed by atoms with E-state index in [2.05, 4.69) is 0 Å². The number of ether oxygens (including phenoxy) is 3. The van der Waals surface area contributed by atoms with Crippen molar-refractivity contribution in [2.75, 3.05) is 13.2 Å². The van der Waals surface area contributed by atoms with E-state index < -0.39 is 23.3 Å². The Morgan fingerprint density at radius 2 is 1.48 bits per heavy atom. The van der Waals surface area contributed by atoms with Crippen LogP contribution in [-0.2, 0) is 23.8 Å². The van der Waals surface area contributed by atoms with Crippen molar-refractivity contribution in [3.8, 4) is 0 Å². The van der Waals surface area contributed by atoms with Crippen LogP contribution in [0.3, 0.4) is 0 Å². The molecule has 2 heterocycles. The first-order chi connectivity index (χ1) is 11.9. The van der Waals surface area contributed by atoms with Gasteiger partial charge in [0.25, 0.3) is 0 Å². The minimum Gasteiger partial charge on any atom is -0.450 e. The average Bonchev–Trinajstić information content (AvgIpc) is 3.09. The van der Waals surface area contributed by atoms with Crippen molar-refractivity contribution in [3.63, 3.8) is 0 Å². The summed E-state index contributed by atoms with van der Waals surface area (Å²) in [7, 11) is 0. The highest BCUT2D eigenvalue weighted by atomic mass is 16.7. The van der Waals surface area contributed by atoms with Crippen molar-refractivity contribution >= 4 is 11.8 Å². The predicted octanol–water partition coefficient (Wildman–Crippen LogP) is 2.88. The maximum Gasteiger partial charge on any atom is 0.322 e. The van der Waals surface area contributed by atoms with Gasteiger partial charge < -0.3 is 14.2 Å². The Morgan fingerprint density at radius 1 is 0.920 bits per heavy atom. The Hall–Kier alpha value is -1.72. The van der Waals surface area contributed by atoms with E-state index in [4.69, 9.17) is 14.2 Å². The summed E-state index contributed by atoms with van der Waals surface area (Å²) < 4.78 is 17.2. The number of carbonyl (C=O) groups excluding carboxylic acids is 2. The number of Topliss-reactive ketones (excluding diaryl/α,β-unsaturated/α-hetero) is 1. The van der Waals surface area contributed by atoms with Crippen molar-refractivity contribution in [2.45, 2.75) is 63.8 Å². The number of hydrogen-bond acceptors (Lipinski definition) is 5. The number of hydrogen-bond donors (Lipinski definition) is 0. The van der Waals surface area contributed by atoms with Gasteiger partial charge in [0, 0.05) is 12.8 Å². The average molecular weight is 344 g/mol. The Labute approximate surface area is 147 Å². The zero-order valence-corrected chi connectivity index (χ0v) is 15.0. The van der Waals surface area contributed by atoms with Gasteiger partial charge in [-0.2, -0.15) is 0 Å². The Kier molecular flexibility index (Phi) is 3.78. The predicted molar refractivity (Wildman–Crippen MR) is 90.3 cm³/mol. The lowest BCUT2D eigenvalue weighted by Gasteiger charge is -2.39. The second kappa shape index (κ2) is 5.64. The smallest absolute Gasteiger partial charge is 0.322 e. The minimum absolute atomic E-state index is 0.0969. The van der Waals surface area contributed by atoms with E-state index in [9.17, 15) is 9.59 Å². The van der Waals surface area contributed by atoms with Crippen LogP contribution in [0.5, 0.6) is 0 Å². The summed E-state index contributed by atoms with van der Waals surface area (Å²) in [5, 5.41) is 0. The highest BCUT2D eigenvalue weighted by Crippen LogP contribution is 2.48. The van der Waals surface area contributed by atoms with Gasteiger partial charge in [-0.1, -0.05) is 17.7 Å². The van der Waals surface area contributed by atoms with Gasteiger partial charge in [0.1, 0.15) is 5.92 Å². The Morgan fingerprint density at radius 3 is 2.04 bits per heavy atom. The topological polar surface area (TPSA) is 61.8 Å². The first-order valence-electron chi connectivity index (χ1n) is 8.99. The quantitative estimate of drug-likeness (QED) is 0.579. The molecule has 0 radical (unpaired) electrons. The van der Waals surface area contributed by atoms with E-state index in [0.717, 1.165) is 22.3 Å². The molecule has 1 aromatic rings. The molecule has 0 bridgehead atoms. The van der Waals surface area contributed by atoms with Gasteiger partial charge in [0.05, 0.1) is 13.2 Å². The molecule has 2 spiro atoms. The second-order valence-corrected chi connectivity index (χ2v) is 7.63. The molecule has 25 heavy (non-hydrogen) atoms. The number of rotatable bonds is 1. The lowest BCUT2D eigenvalue weighted by Crippen LogP contribution is -2.47. The van der Waals surface area contributed by atoms with Crippen LogP contribution in [0, 0.1) is 20.8 Å². The van der Waals surface area contributed by atoms with Gasteiger partial charge >= 0.3 is 5.97 Å². The van der Waals surface area contributed by atoms with Crippen molar-refractivity contribution in [3.05, 3.63) is 34.4 Å². The summed E-state index contributed by atoms with van der Waals surface area (Å²) in [4.78, 5) is 25.9. The molecule has 1 aromatic carbocycles. The first kappa shape index (κ1) is 16.7. The molecule has 3 aliphatic rings. The highest BCUT2D eigenvalue weighted by molar-refractivity contribution is 6.14. The summed E-state index contributed by atoms with van der Waals surface area (Å²) in [6.45, 7) is 7.10. The third kappa shape index (κ3) is 2.52. The van der Waals surface area contributed by atoms with Gasteiger partial charge in [-0.05, 0) is 50.3 Å². The number of carbonyl (C=O) groups is 2. The molecule has 1 saturated carbocycles. The summed E-state index contributed by atoms with van der Waals surface area (Å²) in [6, 6.07) is 4.04. The van der Waals surface area contributed by atoms with Crippen LogP contribution in [-0.4, -0.2) is 36.4 Å². The number of benzene rings is 1. The van der Waals surface area contributed by atoms with E-state index >= 15 is 0 Å². The molecule has 1 atom stereocenters. The summed E-state index contributed by atoms with van der Waals surface area (Å²) in [6.07, 6.45) is 2.12. The van der Waals surface area contributed by atoms with Crippen LogP contribution in [0.1, 0.15) is 53.9 Å². The van der Waals surface area contributed by atoms with Crippen LogP contribution >= 0.6 is 0 Å². The van der Waals surface area contributed by atoms with Gasteiger partial charge in [-0.15, -0.1) is 0 Å². The van der Waals surface area contributed by atoms with Crippen LogP contribution in [0.4, 0.5) is 0 Å². The van der Waals surface area contributed by atoms with Crippen molar-refractivity contribution in [1.82, 2.24) is 0 Å². The molecule has 2 aliphatic heterocycles. The first-order valence-corrected chi connectivity index (χ1v) is 8.99. The summed E-state index contributed by atoms with van der Waals surface area (Å²) in [5.41, 5.74) is 2.87. The number of ketones is 1. The maximum atomic E-state index is 13.3. The fourth-order valence-electron chi connectivity index (χ4n) is 4.74. The lowest BCUT2D eigenvalue weighted by atomic mass is 9.75. The molecule has 4 rings (SSSR count). The highest BCUT2D eigenvalue weighted by Gasteiger charge is 2.60. The molecule has 0 aromatic heterocycles.